The van der Waals surface area contributed by atoms with E-state index in [1.807, 2.05) is 0 Å². The number of likely N-dealkylation sites (tertiary alicyclic amines) is 1. The lowest BCUT2D eigenvalue weighted by Crippen LogP contribution is -2.34. The molecule has 0 bridgehead atoms. The molecule has 1 aliphatic heterocycles. The number of esters is 1. The SMILES string of the molecule is CCOC(=O)C(SC(=S)N1CCCCCC1)C(C)=O. The van der Waals surface area contributed by atoms with Gasteiger partial charge in [0.05, 0.1) is 6.61 Å². The van der Waals surface area contributed by atoms with Crippen LogP contribution in [0.5, 0.6) is 0 Å². The van der Waals surface area contributed by atoms with Crippen molar-refractivity contribution in [3.05, 3.63) is 0 Å². The van der Waals surface area contributed by atoms with E-state index in [0.717, 1.165) is 37.7 Å². The van der Waals surface area contributed by atoms with Gasteiger partial charge in [0.15, 0.2) is 11.0 Å². The molecule has 0 aromatic rings. The van der Waals surface area contributed by atoms with E-state index >= 15 is 0 Å². The number of thiocarbonyl (C=S) groups is 1. The van der Waals surface area contributed by atoms with Crippen molar-refractivity contribution in [2.45, 2.75) is 44.8 Å². The average Bonchev–Trinajstić information content (AvgIpc) is 2.64. The van der Waals surface area contributed by atoms with E-state index in [0.29, 0.717) is 4.32 Å². The maximum Gasteiger partial charge on any atom is 0.327 e. The quantitative estimate of drug-likeness (QED) is 0.451. The summed E-state index contributed by atoms with van der Waals surface area (Å²) in [5.74, 6) is -0.696. The number of Topliss-reactive ketones (excluding diaryl/α,β-unsaturated/α-hetero) is 1. The zero-order chi connectivity index (χ0) is 14.3. The van der Waals surface area contributed by atoms with Gasteiger partial charge in [-0.05, 0) is 26.7 Å². The predicted molar refractivity (Wildman–Crippen MR) is 81.3 cm³/mol. The molecule has 0 amide bonds. The molecule has 1 saturated heterocycles. The lowest BCUT2D eigenvalue weighted by atomic mass is 10.2. The van der Waals surface area contributed by atoms with Gasteiger partial charge in [-0.1, -0.05) is 36.8 Å². The topological polar surface area (TPSA) is 46.6 Å². The highest BCUT2D eigenvalue weighted by atomic mass is 32.2. The second kappa shape index (κ2) is 8.53. The lowest BCUT2D eigenvalue weighted by molar-refractivity contribution is -0.144. The molecule has 19 heavy (non-hydrogen) atoms. The maximum atomic E-state index is 11.7. The highest BCUT2D eigenvalue weighted by Gasteiger charge is 2.28. The number of hydrogen-bond acceptors (Lipinski definition) is 5. The second-order valence-corrected chi connectivity index (χ2v) is 6.27. The van der Waals surface area contributed by atoms with Crippen LogP contribution in [-0.2, 0) is 14.3 Å². The largest absolute Gasteiger partial charge is 0.465 e. The smallest absolute Gasteiger partial charge is 0.327 e. The average molecular weight is 303 g/mol. The Hall–Kier alpha value is -0.620. The normalized spacial score (nSPS) is 17.5. The minimum atomic E-state index is -0.823. The van der Waals surface area contributed by atoms with Gasteiger partial charge in [0.2, 0.25) is 0 Å². The van der Waals surface area contributed by atoms with Crippen LogP contribution in [-0.4, -0.2) is 45.9 Å². The molecule has 0 spiro atoms. The summed E-state index contributed by atoms with van der Waals surface area (Å²) in [5, 5.41) is -0.823. The molecule has 4 nitrogen and oxygen atoms in total. The molecule has 1 heterocycles. The zero-order valence-corrected chi connectivity index (χ0v) is 13.1. The van der Waals surface area contributed by atoms with E-state index in [-0.39, 0.29) is 12.4 Å². The predicted octanol–water partition coefficient (Wildman–Crippen LogP) is 2.40. The Morgan fingerprint density at radius 3 is 2.32 bits per heavy atom. The number of hydrogen-bond donors (Lipinski definition) is 0. The highest BCUT2D eigenvalue weighted by molar-refractivity contribution is 8.24. The van der Waals surface area contributed by atoms with Crippen molar-refractivity contribution in [3.63, 3.8) is 0 Å². The lowest BCUT2D eigenvalue weighted by Gasteiger charge is -2.24. The van der Waals surface area contributed by atoms with Gasteiger partial charge in [-0.25, -0.2) is 0 Å². The summed E-state index contributed by atoms with van der Waals surface area (Å²) in [6.45, 7) is 5.24. The number of nitrogens with zero attached hydrogens (tertiary/aromatic N) is 1. The number of carbonyl (C=O) groups excluding carboxylic acids is 2. The van der Waals surface area contributed by atoms with E-state index in [1.165, 1.54) is 19.8 Å². The van der Waals surface area contributed by atoms with Crippen molar-refractivity contribution in [2.75, 3.05) is 19.7 Å². The van der Waals surface area contributed by atoms with Crippen molar-refractivity contribution >= 4 is 40.1 Å². The van der Waals surface area contributed by atoms with Crippen LogP contribution >= 0.6 is 24.0 Å². The Bertz CT molecular complexity index is 339. The van der Waals surface area contributed by atoms with Crippen LogP contribution in [0.2, 0.25) is 0 Å². The molecular weight excluding hydrogens is 282 g/mol. The molecule has 0 N–H and O–H groups in total. The highest BCUT2D eigenvalue weighted by Crippen LogP contribution is 2.21. The van der Waals surface area contributed by atoms with Crippen molar-refractivity contribution in [1.29, 1.82) is 0 Å². The summed E-state index contributed by atoms with van der Waals surface area (Å²) in [6.07, 6.45) is 4.67. The first-order chi connectivity index (χ1) is 9.06. The Labute approximate surface area is 124 Å². The summed E-state index contributed by atoms with van der Waals surface area (Å²) in [6, 6.07) is 0. The number of carbonyl (C=O) groups is 2. The number of ether oxygens (including phenoxy) is 1. The number of ketones is 1. The molecule has 0 radical (unpaired) electrons. The molecule has 1 fully saturated rings. The van der Waals surface area contributed by atoms with Crippen LogP contribution < -0.4 is 0 Å². The first kappa shape index (κ1) is 16.4. The summed E-state index contributed by atoms with van der Waals surface area (Å²) in [5.41, 5.74) is 0. The number of thioether (sulfide) groups is 1. The standard InChI is InChI=1S/C13H21NO3S2/c1-3-17-12(16)11(10(2)15)19-13(18)14-8-6-4-5-7-9-14/h11H,3-9H2,1-2H3. The third-order valence-electron chi connectivity index (χ3n) is 2.95. The Morgan fingerprint density at radius 2 is 1.84 bits per heavy atom. The van der Waals surface area contributed by atoms with Crippen LogP contribution in [0, 0.1) is 0 Å². The Kier molecular flexibility index (Phi) is 7.38. The molecule has 1 rings (SSSR count). The molecule has 1 unspecified atom stereocenters. The molecule has 0 aliphatic carbocycles. The molecular formula is C13H21NO3S2. The third kappa shape index (κ3) is 5.48. The molecule has 6 heteroatoms. The maximum absolute atomic E-state index is 11.7. The summed E-state index contributed by atoms with van der Waals surface area (Å²) in [4.78, 5) is 25.4. The van der Waals surface area contributed by atoms with Crippen LogP contribution in [0.15, 0.2) is 0 Å². The van der Waals surface area contributed by atoms with Gasteiger partial charge in [-0.15, -0.1) is 0 Å². The molecule has 108 valence electrons. The monoisotopic (exact) mass is 303 g/mol. The number of rotatable bonds is 4. The van der Waals surface area contributed by atoms with Gasteiger partial charge in [0.25, 0.3) is 0 Å². The van der Waals surface area contributed by atoms with E-state index in [4.69, 9.17) is 17.0 Å². The molecule has 0 aromatic carbocycles. The summed E-state index contributed by atoms with van der Waals surface area (Å²) < 4.78 is 5.55. The van der Waals surface area contributed by atoms with Gasteiger partial charge in [-0.3, -0.25) is 9.59 Å². The van der Waals surface area contributed by atoms with E-state index in [1.54, 1.807) is 6.92 Å². The minimum Gasteiger partial charge on any atom is -0.465 e. The van der Waals surface area contributed by atoms with Gasteiger partial charge in [0, 0.05) is 13.1 Å². The van der Waals surface area contributed by atoms with E-state index in [9.17, 15) is 9.59 Å². The Balaban J connectivity index is 2.59. The van der Waals surface area contributed by atoms with Crippen molar-refractivity contribution in [3.8, 4) is 0 Å². The van der Waals surface area contributed by atoms with Gasteiger partial charge < -0.3 is 9.64 Å². The molecule has 1 atom stereocenters. The fourth-order valence-corrected chi connectivity index (χ4v) is 3.28. The van der Waals surface area contributed by atoms with Crippen LogP contribution in [0.1, 0.15) is 39.5 Å². The summed E-state index contributed by atoms with van der Waals surface area (Å²) in [7, 11) is 0. The van der Waals surface area contributed by atoms with Crippen LogP contribution in [0.25, 0.3) is 0 Å². The van der Waals surface area contributed by atoms with Crippen molar-refractivity contribution in [1.82, 2.24) is 4.90 Å². The van der Waals surface area contributed by atoms with Crippen molar-refractivity contribution < 1.29 is 14.3 Å². The van der Waals surface area contributed by atoms with Crippen LogP contribution in [0.4, 0.5) is 0 Å². The Morgan fingerprint density at radius 1 is 1.26 bits per heavy atom. The second-order valence-electron chi connectivity index (χ2n) is 4.53. The zero-order valence-electron chi connectivity index (χ0n) is 11.5. The fourth-order valence-electron chi connectivity index (χ4n) is 1.94. The van der Waals surface area contributed by atoms with Crippen LogP contribution in [0.3, 0.4) is 0 Å². The minimum absolute atomic E-state index is 0.208. The van der Waals surface area contributed by atoms with E-state index in [2.05, 4.69) is 4.90 Å². The van der Waals surface area contributed by atoms with E-state index < -0.39 is 11.2 Å². The molecule has 0 aromatic heterocycles. The fraction of sp³-hybridized carbons (Fsp3) is 0.769. The third-order valence-corrected chi connectivity index (χ3v) is 4.72. The first-order valence-electron chi connectivity index (χ1n) is 6.69. The first-order valence-corrected chi connectivity index (χ1v) is 7.97. The summed E-state index contributed by atoms with van der Waals surface area (Å²) >= 11 is 6.51. The van der Waals surface area contributed by atoms with Gasteiger partial charge in [-0.2, -0.15) is 0 Å². The molecule has 0 saturated carbocycles. The molecule has 1 aliphatic rings. The van der Waals surface area contributed by atoms with Gasteiger partial charge in [0.1, 0.15) is 4.32 Å². The van der Waals surface area contributed by atoms with Gasteiger partial charge >= 0.3 is 5.97 Å². The van der Waals surface area contributed by atoms with Crippen molar-refractivity contribution in [2.24, 2.45) is 0 Å².